The van der Waals surface area contributed by atoms with E-state index in [4.69, 9.17) is 4.74 Å². The summed E-state index contributed by atoms with van der Waals surface area (Å²) in [6.45, 7) is 3.04. The first-order valence-corrected chi connectivity index (χ1v) is 7.55. The zero-order valence-corrected chi connectivity index (χ0v) is 13.1. The maximum Gasteiger partial charge on any atom is 0.308 e. The molecule has 0 aliphatic carbocycles. The molecule has 4 heteroatoms. The molecule has 0 unspecified atom stereocenters. The fraction of sp³-hybridized carbons (Fsp3) is 0.158. The van der Waals surface area contributed by atoms with Crippen molar-refractivity contribution in [1.82, 2.24) is 4.57 Å². The summed E-state index contributed by atoms with van der Waals surface area (Å²) in [6, 6.07) is 18.0. The Kier molecular flexibility index (Phi) is 4.52. The zero-order valence-electron chi connectivity index (χ0n) is 13.1. The first-order chi connectivity index (χ1) is 11.2. The molecule has 4 nitrogen and oxygen atoms in total. The fourth-order valence-electron chi connectivity index (χ4n) is 2.46. The predicted molar refractivity (Wildman–Crippen MR) is 87.0 cm³/mol. The number of rotatable bonds is 5. The molecular formula is C19H19N2O2+. The summed E-state index contributed by atoms with van der Waals surface area (Å²) in [5, 5.41) is 0. The Bertz CT molecular complexity index is 777. The molecule has 0 atom stereocenters. The molecule has 0 saturated carbocycles. The van der Waals surface area contributed by atoms with Crippen LogP contribution >= 0.6 is 0 Å². The molecule has 0 amide bonds. The topological polar surface area (TPSA) is 35.1 Å². The Morgan fingerprint density at radius 1 is 1.04 bits per heavy atom. The van der Waals surface area contributed by atoms with E-state index in [-0.39, 0.29) is 5.97 Å². The third kappa shape index (κ3) is 4.30. The van der Waals surface area contributed by atoms with Crippen LogP contribution in [0.25, 0.3) is 0 Å². The maximum atomic E-state index is 10.9. The molecule has 0 radical (unpaired) electrons. The van der Waals surface area contributed by atoms with Gasteiger partial charge in [0.1, 0.15) is 31.2 Å². The van der Waals surface area contributed by atoms with Crippen molar-refractivity contribution in [3.63, 3.8) is 0 Å². The normalized spacial score (nSPS) is 10.5. The molecule has 0 spiro atoms. The van der Waals surface area contributed by atoms with E-state index in [1.54, 1.807) is 0 Å². The average Bonchev–Trinajstić information content (AvgIpc) is 2.97. The quantitative estimate of drug-likeness (QED) is 0.413. The van der Waals surface area contributed by atoms with Gasteiger partial charge in [-0.2, -0.15) is 0 Å². The van der Waals surface area contributed by atoms with E-state index in [9.17, 15) is 4.79 Å². The molecule has 0 aliphatic rings. The van der Waals surface area contributed by atoms with Gasteiger partial charge in [-0.3, -0.25) is 4.79 Å². The lowest BCUT2D eigenvalue weighted by atomic mass is 10.2. The van der Waals surface area contributed by atoms with Crippen LogP contribution < -0.4 is 9.30 Å². The smallest absolute Gasteiger partial charge is 0.308 e. The summed E-state index contributed by atoms with van der Waals surface area (Å²) < 4.78 is 9.32. The van der Waals surface area contributed by atoms with Crippen molar-refractivity contribution in [3.8, 4) is 5.75 Å². The summed E-state index contributed by atoms with van der Waals surface area (Å²) in [4.78, 5) is 10.9. The number of aromatic nitrogens is 2. The van der Waals surface area contributed by atoms with Crippen molar-refractivity contribution in [2.75, 3.05) is 0 Å². The van der Waals surface area contributed by atoms with Crippen LogP contribution in [0.2, 0.25) is 0 Å². The van der Waals surface area contributed by atoms with Crippen molar-refractivity contribution in [1.29, 1.82) is 0 Å². The van der Waals surface area contributed by atoms with Crippen molar-refractivity contribution in [2.45, 2.75) is 20.0 Å². The van der Waals surface area contributed by atoms with E-state index < -0.39 is 0 Å². The maximum absolute atomic E-state index is 10.9. The van der Waals surface area contributed by atoms with Gasteiger partial charge in [0.2, 0.25) is 6.33 Å². The predicted octanol–water partition coefficient (Wildman–Crippen LogP) is 2.80. The Morgan fingerprint density at radius 3 is 2.48 bits per heavy atom. The molecule has 0 fully saturated rings. The standard InChI is InChI=1S/C19H19N2O2/c1-16(22)23-19-9-7-18(8-10-19)14-21-12-11-20(15-21)13-17-5-3-2-4-6-17/h2-12,15H,13-14H2,1H3/q+1. The minimum absolute atomic E-state index is 0.301. The number of carbonyl (C=O) groups is 1. The SMILES string of the molecule is CC(=O)Oc1ccc(Cn2cc[n+](Cc3ccccc3)c2)cc1. The van der Waals surface area contributed by atoms with Gasteiger partial charge >= 0.3 is 5.97 Å². The van der Waals surface area contributed by atoms with Crippen molar-refractivity contribution in [3.05, 3.63) is 84.4 Å². The van der Waals surface area contributed by atoms with Gasteiger partial charge in [0, 0.05) is 6.92 Å². The molecule has 2 aromatic carbocycles. The summed E-state index contributed by atoms with van der Waals surface area (Å²) in [5.74, 6) is 0.276. The largest absolute Gasteiger partial charge is 0.427 e. The lowest BCUT2D eigenvalue weighted by Crippen LogP contribution is -2.31. The van der Waals surface area contributed by atoms with Gasteiger partial charge in [-0.05, 0) is 23.3 Å². The van der Waals surface area contributed by atoms with Crippen LogP contribution in [0.15, 0.2) is 73.3 Å². The highest BCUT2D eigenvalue weighted by Gasteiger charge is 2.06. The van der Waals surface area contributed by atoms with E-state index in [2.05, 4.69) is 52.1 Å². The molecule has 1 heterocycles. The van der Waals surface area contributed by atoms with Crippen LogP contribution in [0.3, 0.4) is 0 Å². The molecule has 3 rings (SSSR count). The van der Waals surface area contributed by atoms with E-state index in [0.29, 0.717) is 5.75 Å². The number of imidazole rings is 1. The lowest BCUT2D eigenvalue weighted by Gasteiger charge is -2.02. The molecule has 116 valence electrons. The third-order valence-corrected chi connectivity index (χ3v) is 3.50. The minimum Gasteiger partial charge on any atom is -0.427 e. The van der Waals surface area contributed by atoms with Crippen LogP contribution in [0.5, 0.6) is 5.75 Å². The van der Waals surface area contributed by atoms with E-state index in [1.807, 2.05) is 30.3 Å². The van der Waals surface area contributed by atoms with Crippen LogP contribution in [-0.4, -0.2) is 10.5 Å². The fourth-order valence-corrected chi connectivity index (χ4v) is 2.46. The monoisotopic (exact) mass is 307 g/mol. The summed E-state index contributed by atoms with van der Waals surface area (Å²) in [5.41, 5.74) is 2.43. The molecule has 3 aromatic rings. The van der Waals surface area contributed by atoms with E-state index in [0.717, 1.165) is 18.7 Å². The number of hydrogen-bond acceptors (Lipinski definition) is 2. The van der Waals surface area contributed by atoms with Gasteiger partial charge in [0.25, 0.3) is 0 Å². The van der Waals surface area contributed by atoms with E-state index >= 15 is 0 Å². The molecule has 23 heavy (non-hydrogen) atoms. The zero-order chi connectivity index (χ0) is 16.1. The van der Waals surface area contributed by atoms with Gasteiger partial charge < -0.3 is 4.74 Å². The Morgan fingerprint density at radius 2 is 1.78 bits per heavy atom. The molecule has 0 aliphatic heterocycles. The highest BCUT2D eigenvalue weighted by Crippen LogP contribution is 2.13. The third-order valence-electron chi connectivity index (χ3n) is 3.50. The molecular weight excluding hydrogens is 288 g/mol. The second kappa shape index (κ2) is 6.92. The van der Waals surface area contributed by atoms with Gasteiger partial charge in [-0.1, -0.05) is 42.5 Å². The first kappa shape index (κ1) is 15.0. The van der Waals surface area contributed by atoms with Crippen LogP contribution in [0, 0.1) is 0 Å². The number of benzene rings is 2. The number of esters is 1. The van der Waals surface area contributed by atoms with Crippen LogP contribution in [0.1, 0.15) is 18.1 Å². The Hall–Kier alpha value is -2.88. The van der Waals surface area contributed by atoms with E-state index in [1.165, 1.54) is 12.5 Å². The van der Waals surface area contributed by atoms with Crippen molar-refractivity contribution in [2.24, 2.45) is 0 Å². The van der Waals surface area contributed by atoms with Gasteiger partial charge in [-0.15, -0.1) is 0 Å². The molecule has 0 saturated heterocycles. The van der Waals surface area contributed by atoms with Gasteiger partial charge in [0.05, 0.1) is 0 Å². The van der Waals surface area contributed by atoms with Crippen LogP contribution in [-0.2, 0) is 17.9 Å². The highest BCUT2D eigenvalue weighted by molar-refractivity contribution is 5.69. The lowest BCUT2D eigenvalue weighted by molar-refractivity contribution is -0.687. The Labute approximate surface area is 135 Å². The molecule has 0 bridgehead atoms. The average molecular weight is 307 g/mol. The van der Waals surface area contributed by atoms with Crippen molar-refractivity contribution >= 4 is 5.97 Å². The van der Waals surface area contributed by atoms with Gasteiger partial charge in [-0.25, -0.2) is 9.13 Å². The number of carbonyl (C=O) groups excluding carboxylic acids is 1. The van der Waals surface area contributed by atoms with Crippen molar-refractivity contribution < 1.29 is 14.1 Å². The number of nitrogens with zero attached hydrogens (tertiary/aromatic N) is 2. The molecule has 0 N–H and O–H groups in total. The summed E-state index contributed by atoms with van der Waals surface area (Å²) in [7, 11) is 0. The first-order valence-electron chi connectivity index (χ1n) is 7.55. The summed E-state index contributed by atoms with van der Waals surface area (Å²) >= 11 is 0. The minimum atomic E-state index is -0.301. The molecule has 1 aromatic heterocycles. The number of hydrogen-bond donors (Lipinski definition) is 0. The Balaban J connectivity index is 1.63. The highest BCUT2D eigenvalue weighted by atomic mass is 16.5. The van der Waals surface area contributed by atoms with Gasteiger partial charge in [0.15, 0.2) is 0 Å². The second-order valence-electron chi connectivity index (χ2n) is 5.48. The number of ether oxygens (including phenoxy) is 1. The summed E-state index contributed by atoms with van der Waals surface area (Å²) in [6.07, 6.45) is 6.22. The second-order valence-corrected chi connectivity index (χ2v) is 5.48. The van der Waals surface area contributed by atoms with Crippen LogP contribution in [0.4, 0.5) is 0 Å².